The Balaban J connectivity index is 1.53. The maximum Gasteiger partial charge on any atom is 0.317 e. The number of primary amides is 1. The van der Waals surface area contributed by atoms with E-state index < -0.39 is 0 Å². The quantitative estimate of drug-likeness (QED) is 0.873. The molecule has 0 aromatic heterocycles. The van der Waals surface area contributed by atoms with Gasteiger partial charge in [0.25, 0.3) is 0 Å². The summed E-state index contributed by atoms with van der Waals surface area (Å²) < 4.78 is 14.0. The summed E-state index contributed by atoms with van der Waals surface area (Å²) in [5.74, 6) is -0.647. The van der Waals surface area contributed by atoms with Gasteiger partial charge in [-0.3, -0.25) is 4.79 Å². The molecule has 7 heteroatoms. The molecule has 2 aliphatic rings. The van der Waals surface area contributed by atoms with Gasteiger partial charge in [0.05, 0.1) is 5.69 Å². The van der Waals surface area contributed by atoms with Gasteiger partial charge < -0.3 is 20.9 Å². The van der Waals surface area contributed by atoms with Crippen molar-refractivity contribution >= 4 is 17.6 Å². The van der Waals surface area contributed by atoms with Crippen LogP contribution in [0, 0.1) is 11.7 Å². The van der Waals surface area contributed by atoms with Gasteiger partial charge in [0.1, 0.15) is 5.82 Å². The standard InChI is InChI=1S/C18H25FN4O2/c19-15-5-1-2-6-16(15)23-9-3-4-14(12-23)21-18(25)22-10-7-13(8-11-22)17(20)24/h1-2,5-6,13-14H,3-4,7-12H2,(H2,20,24)(H,21,25). The zero-order valence-electron chi connectivity index (χ0n) is 14.3. The fourth-order valence-electron chi connectivity index (χ4n) is 3.65. The fourth-order valence-corrected chi connectivity index (χ4v) is 3.65. The zero-order chi connectivity index (χ0) is 17.8. The van der Waals surface area contributed by atoms with Crippen LogP contribution in [0.3, 0.4) is 0 Å². The second kappa shape index (κ2) is 7.72. The van der Waals surface area contributed by atoms with E-state index in [0.717, 1.165) is 19.4 Å². The fraction of sp³-hybridized carbons (Fsp3) is 0.556. The smallest absolute Gasteiger partial charge is 0.317 e. The van der Waals surface area contributed by atoms with Crippen LogP contribution in [-0.2, 0) is 4.79 Å². The monoisotopic (exact) mass is 348 g/mol. The van der Waals surface area contributed by atoms with Gasteiger partial charge in [0, 0.05) is 38.1 Å². The van der Waals surface area contributed by atoms with E-state index in [-0.39, 0.29) is 29.7 Å². The average molecular weight is 348 g/mol. The highest BCUT2D eigenvalue weighted by atomic mass is 19.1. The molecule has 0 aliphatic carbocycles. The Morgan fingerprint density at radius 2 is 1.84 bits per heavy atom. The molecule has 1 unspecified atom stereocenters. The van der Waals surface area contributed by atoms with Crippen molar-refractivity contribution in [1.82, 2.24) is 10.2 Å². The predicted octanol–water partition coefficient (Wildman–Crippen LogP) is 1.70. The van der Waals surface area contributed by atoms with E-state index in [2.05, 4.69) is 5.32 Å². The first-order valence-electron chi connectivity index (χ1n) is 8.89. The van der Waals surface area contributed by atoms with Gasteiger partial charge in [-0.25, -0.2) is 9.18 Å². The van der Waals surface area contributed by atoms with Gasteiger partial charge in [0.2, 0.25) is 5.91 Å². The summed E-state index contributed by atoms with van der Waals surface area (Å²) in [6.07, 6.45) is 3.03. The highest BCUT2D eigenvalue weighted by Crippen LogP contribution is 2.23. The molecule has 136 valence electrons. The lowest BCUT2D eigenvalue weighted by Crippen LogP contribution is -2.53. The normalized spacial score (nSPS) is 21.9. The lowest BCUT2D eigenvalue weighted by Gasteiger charge is -2.37. The summed E-state index contributed by atoms with van der Waals surface area (Å²) in [4.78, 5) is 27.4. The highest BCUT2D eigenvalue weighted by molar-refractivity contribution is 5.78. The van der Waals surface area contributed by atoms with Crippen molar-refractivity contribution in [3.05, 3.63) is 30.1 Å². The molecular weight excluding hydrogens is 323 g/mol. The minimum atomic E-state index is -0.284. The van der Waals surface area contributed by atoms with E-state index in [0.29, 0.717) is 38.2 Å². The number of urea groups is 1. The first-order valence-corrected chi connectivity index (χ1v) is 8.89. The number of carbonyl (C=O) groups is 2. The third-order valence-corrected chi connectivity index (χ3v) is 5.13. The van der Waals surface area contributed by atoms with Gasteiger partial charge >= 0.3 is 6.03 Å². The van der Waals surface area contributed by atoms with Crippen LogP contribution in [0.4, 0.5) is 14.9 Å². The molecule has 0 radical (unpaired) electrons. The number of benzene rings is 1. The van der Waals surface area contributed by atoms with Crippen molar-refractivity contribution < 1.29 is 14.0 Å². The molecule has 1 atom stereocenters. The third kappa shape index (κ3) is 4.21. The Hall–Kier alpha value is -2.31. The van der Waals surface area contributed by atoms with Crippen LogP contribution >= 0.6 is 0 Å². The van der Waals surface area contributed by atoms with Crippen molar-refractivity contribution in [2.75, 3.05) is 31.1 Å². The number of hydrogen-bond donors (Lipinski definition) is 2. The molecular formula is C18H25FN4O2. The third-order valence-electron chi connectivity index (χ3n) is 5.13. The number of anilines is 1. The molecule has 0 saturated carbocycles. The highest BCUT2D eigenvalue weighted by Gasteiger charge is 2.28. The molecule has 25 heavy (non-hydrogen) atoms. The maximum absolute atomic E-state index is 14.0. The first kappa shape index (κ1) is 17.5. The lowest BCUT2D eigenvalue weighted by molar-refractivity contribution is -0.123. The molecule has 2 heterocycles. The number of amides is 3. The molecule has 2 fully saturated rings. The average Bonchev–Trinajstić information content (AvgIpc) is 2.62. The zero-order valence-corrected chi connectivity index (χ0v) is 14.3. The van der Waals surface area contributed by atoms with Gasteiger partial charge in [-0.15, -0.1) is 0 Å². The number of hydrogen-bond acceptors (Lipinski definition) is 3. The predicted molar refractivity (Wildman–Crippen MR) is 93.7 cm³/mol. The largest absolute Gasteiger partial charge is 0.369 e. The molecule has 0 spiro atoms. The summed E-state index contributed by atoms with van der Waals surface area (Å²) in [5.41, 5.74) is 5.91. The van der Waals surface area contributed by atoms with Crippen LogP contribution in [0.5, 0.6) is 0 Å². The molecule has 1 aromatic rings. The van der Waals surface area contributed by atoms with Crippen LogP contribution in [0.1, 0.15) is 25.7 Å². The SMILES string of the molecule is NC(=O)C1CCN(C(=O)NC2CCCN(c3ccccc3F)C2)CC1. The van der Waals surface area contributed by atoms with Crippen LogP contribution in [0.25, 0.3) is 0 Å². The molecule has 2 saturated heterocycles. The number of halogens is 1. The number of carbonyl (C=O) groups excluding carboxylic acids is 2. The Kier molecular flexibility index (Phi) is 5.40. The summed E-state index contributed by atoms with van der Waals surface area (Å²) in [6.45, 7) is 2.48. The van der Waals surface area contributed by atoms with Crippen LogP contribution in [0.15, 0.2) is 24.3 Å². The van der Waals surface area contributed by atoms with Gasteiger partial charge in [-0.1, -0.05) is 12.1 Å². The van der Waals surface area contributed by atoms with Crippen LogP contribution in [0.2, 0.25) is 0 Å². The Morgan fingerprint density at radius 1 is 1.12 bits per heavy atom. The number of rotatable bonds is 3. The van der Waals surface area contributed by atoms with Crippen molar-refractivity contribution in [2.45, 2.75) is 31.7 Å². The van der Waals surface area contributed by atoms with Crippen molar-refractivity contribution in [2.24, 2.45) is 11.7 Å². The van der Waals surface area contributed by atoms with Gasteiger partial charge in [-0.05, 0) is 37.8 Å². The minimum Gasteiger partial charge on any atom is -0.369 e. The van der Waals surface area contributed by atoms with Crippen LogP contribution in [-0.4, -0.2) is 49.1 Å². The molecule has 2 aliphatic heterocycles. The number of para-hydroxylation sites is 1. The van der Waals surface area contributed by atoms with E-state index >= 15 is 0 Å². The minimum absolute atomic E-state index is 0.00489. The molecule has 3 amide bonds. The van der Waals surface area contributed by atoms with Crippen molar-refractivity contribution in [3.8, 4) is 0 Å². The second-order valence-electron chi connectivity index (χ2n) is 6.85. The summed E-state index contributed by atoms with van der Waals surface area (Å²) in [7, 11) is 0. The second-order valence-corrected chi connectivity index (χ2v) is 6.85. The number of likely N-dealkylation sites (tertiary alicyclic amines) is 1. The Morgan fingerprint density at radius 3 is 2.52 bits per heavy atom. The number of piperidine rings is 2. The van der Waals surface area contributed by atoms with Crippen molar-refractivity contribution in [3.63, 3.8) is 0 Å². The molecule has 6 nitrogen and oxygen atoms in total. The number of nitrogens with two attached hydrogens (primary N) is 1. The Labute approximate surface area is 147 Å². The maximum atomic E-state index is 14.0. The van der Waals surface area contributed by atoms with E-state index in [9.17, 15) is 14.0 Å². The Bertz CT molecular complexity index is 631. The van der Waals surface area contributed by atoms with Gasteiger partial charge in [-0.2, -0.15) is 0 Å². The molecule has 0 bridgehead atoms. The summed E-state index contributed by atoms with van der Waals surface area (Å²) in [5, 5.41) is 3.06. The summed E-state index contributed by atoms with van der Waals surface area (Å²) in [6, 6.07) is 6.62. The van der Waals surface area contributed by atoms with Gasteiger partial charge in [0.15, 0.2) is 0 Å². The summed E-state index contributed by atoms with van der Waals surface area (Å²) >= 11 is 0. The first-order chi connectivity index (χ1) is 12.0. The molecule has 3 rings (SSSR count). The van der Waals surface area contributed by atoms with E-state index in [1.54, 1.807) is 17.0 Å². The molecule has 3 N–H and O–H groups in total. The molecule has 1 aromatic carbocycles. The number of nitrogens with one attached hydrogen (secondary N) is 1. The number of nitrogens with zero attached hydrogens (tertiary/aromatic N) is 2. The van der Waals surface area contributed by atoms with E-state index in [1.165, 1.54) is 6.07 Å². The van der Waals surface area contributed by atoms with Crippen LogP contribution < -0.4 is 16.0 Å². The lowest BCUT2D eigenvalue weighted by atomic mass is 9.96. The van der Waals surface area contributed by atoms with Crippen molar-refractivity contribution in [1.29, 1.82) is 0 Å². The van der Waals surface area contributed by atoms with E-state index in [4.69, 9.17) is 5.73 Å². The van der Waals surface area contributed by atoms with E-state index in [1.807, 2.05) is 11.0 Å². The topological polar surface area (TPSA) is 78.7 Å².